The first kappa shape index (κ1) is 21.6. The molecule has 0 radical (unpaired) electrons. The van der Waals surface area contributed by atoms with Crippen LogP contribution in [0.25, 0.3) is 6.08 Å². The van der Waals surface area contributed by atoms with Crippen LogP contribution in [-0.4, -0.2) is 67.1 Å². The fourth-order valence-electron chi connectivity index (χ4n) is 2.41. The van der Waals surface area contributed by atoms with Crippen LogP contribution in [0.1, 0.15) is 12.5 Å². The third kappa shape index (κ3) is 4.42. The Balaban J connectivity index is 2.44. The number of carbonyl (C=O) groups is 3. The number of carbonyl (C=O) groups excluding carboxylic acids is 3. The quantitative estimate of drug-likeness (QED) is 0.297. The Morgan fingerprint density at radius 2 is 1.79 bits per heavy atom. The Hall–Kier alpha value is -2.65. The van der Waals surface area contributed by atoms with Crippen molar-refractivity contribution in [3.05, 3.63) is 28.3 Å². The van der Waals surface area contributed by atoms with Crippen LogP contribution in [0.3, 0.4) is 0 Å². The predicted octanol–water partition coefficient (Wildman–Crippen LogP) is 1.89. The molecule has 2 rings (SSSR count). The topological polar surface area (TPSA) is 85.4 Å². The summed E-state index contributed by atoms with van der Waals surface area (Å²) in [6.45, 7) is 1.73. The van der Waals surface area contributed by atoms with E-state index in [-0.39, 0.29) is 33.8 Å². The van der Waals surface area contributed by atoms with Gasteiger partial charge in [-0.3, -0.25) is 19.4 Å². The predicted molar refractivity (Wildman–Crippen MR) is 106 cm³/mol. The third-order valence-electron chi connectivity index (χ3n) is 3.85. The van der Waals surface area contributed by atoms with Crippen LogP contribution < -0.4 is 9.47 Å². The van der Waals surface area contributed by atoms with Gasteiger partial charge in [0.1, 0.15) is 5.57 Å². The van der Waals surface area contributed by atoms with E-state index in [1.807, 2.05) is 0 Å². The zero-order valence-electron chi connectivity index (χ0n) is 15.8. The molecule has 1 fully saturated rings. The highest BCUT2D eigenvalue weighted by molar-refractivity contribution is 7.80. The molecule has 0 aromatic heterocycles. The molecule has 0 N–H and O–H groups in total. The summed E-state index contributed by atoms with van der Waals surface area (Å²) in [6, 6.07) is 3.06. The van der Waals surface area contributed by atoms with Crippen molar-refractivity contribution in [2.75, 3.05) is 34.4 Å². The van der Waals surface area contributed by atoms with Crippen LogP contribution in [0.2, 0.25) is 5.02 Å². The molecule has 8 nitrogen and oxygen atoms in total. The summed E-state index contributed by atoms with van der Waals surface area (Å²) in [5.74, 6) is -1.20. The maximum Gasteiger partial charge on any atom is 0.343 e. The van der Waals surface area contributed by atoms with E-state index >= 15 is 0 Å². The first-order valence-corrected chi connectivity index (χ1v) is 8.97. The molecule has 1 aliphatic heterocycles. The van der Waals surface area contributed by atoms with E-state index in [9.17, 15) is 14.4 Å². The molecule has 0 spiro atoms. The molecule has 1 aromatic carbocycles. The number of thiocarbonyl (C=S) groups is 1. The lowest BCUT2D eigenvalue weighted by atomic mass is 10.1. The maximum atomic E-state index is 12.5. The zero-order valence-corrected chi connectivity index (χ0v) is 17.3. The van der Waals surface area contributed by atoms with Gasteiger partial charge in [0.2, 0.25) is 0 Å². The van der Waals surface area contributed by atoms with Gasteiger partial charge in [-0.25, -0.2) is 4.79 Å². The molecule has 1 heterocycles. The average molecular weight is 427 g/mol. The van der Waals surface area contributed by atoms with Gasteiger partial charge in [-0.15, -0.1) is 0 Å². The van der Waals surface area contributed by atoms with Gasteiger partial charge < -0.3 is 14.2 Å². The molecular formula is C18H19ClN2O6S. The SMILES string of the molecule is CCOc1cc(C=C2C(=O)N(C)C(=S)N(C)C2=O)cc(Cl)c1OCC(=O)OC. The van der Waals surface area contributed by atoms with Gasteiger partial charge in [0.25, 0.3) is 11.8 Å². The fourth-order valence-corrected chi connectivity index (χ4v) is 2.85. The van der Waals surface area contributed by atoms with Crippen molar-refractivity contribution in [3.8, 4) is 11.5 Å². The Labute approximate surface area is 172 Å². The molecular weight excluding hydrogens is 408 g/mol. The highest BCUT2D eigenvalue weighted by Crippen LogP contribution is 2.37. The minimum Gasteiger partial charge on any atom is -0.490 e. The first-order chi connectivity index (χ1) is 13.2. The second-order valence-corrected chi connectivity index (χ2v) is 6.47. The number of amides is 2. The lowest BCUT2D eigenvalue weighted by Crippen LogP contribution is -2.52. The van der Waals surface area contributed by atoms with E-state index in [0.717, 1.165) is 0 Å². The number of esters is 1. The van der Waals surface area contributed by atoms with Crippen molar-refractivity contribution in [1.29, 1.82) is 0 Å². The Morgan fingerprint density at radius 3 is 2.32 bits per heavy atom. The lowest BCUT2D eigenvalue weighted by molar-refractivity contribution is -0.143. The van der Waals surface area contributed by atoms with Crippen LogP contribution in [0, 0.1) is 0 Å². The second-order valence-electron chi connectivity index (χ2n) is 5.70. The first-order valence-electron chi connectivity index (χ1n) is 8.19. The van der Waals surface area contributed by atoms with Crippen molar-refractivity contribution in [1.82, 2.24) is 9.80 Å². The van der Waals surface area contributed by atoms with Crippen molar-refractivity contribution in [2.24, 2.45) is 0 Å². The van der Waals surface area contributed by atoms with E-state index in [2.05, 4.69) is 4.74 Å². The fraction of sp³-hybridized carbons (Fsp3) is 0.333. The number of hydrogen-bond acceptors (Lipinski definition) is 7. The van der Waals surface area contributed by atoms with Crippen LogP contribution in [0.15, 0.2) is 17.7 Å². The number of nitrogens with zero attached hydrogens (tertiary/aromatic N) is 2. The van der Waals surface area contributed by atoms with Crippen LogP contribution in [-0.2, 0) is 19.1 Å². The molecule has 10 heteroatoms. The van der Waals surface area contributed by atoms with Crippen molar-refractivity contribution in [3.63, 3.8) is 0 Å². The molecule has 28 heavy (non-hydrogen) atoms. The van der Waals surface area contributed by atoms with E-state index < -0.39 is 17.8 Å². The van der Waals surface area contributed by atoms with Crippen LogP contribution in [0.5, 0.6) is 11.5 Å². The largest absolute Gasteiger partial charge is 0.490 e. The minimum absolute atomic E-state index is 0.0691. The number of likely N-dealkylation sites (N-methyl/N-ethyl adjacent to an activating group) is 2. The third-order valence-corrected chi connectivity index (χ3v) is 4.68. The molecule has 2 amide bonds. The molecule has 0 unspecified atom stereocenters. The highest BCUT2D eigenvalue weighted by atomic mass is 35.5. The number of rotatable bonds is 6. The van der Waals surface area contributed by atoms with Gasteiger partial charge in [-0.05, 0) is 42.9 Å². The smallest absolute Gasteiger partial charge is 0.343 e. The summed E-state index contributed by atoms with van der Waals surface area (Å²) in [7, 11) is 4.22. The summed E-state index contributed by atoms with van der Waals surface area (Å²) in [5, 5.41) is 0.265. The van der Waals surface area contributed by atoms with Gasteiger partial charge in [0.15, 0.2) is 23.2 Å². The monoisotopic (exact) mass is 426 g/mol. The summed E-state index contributed by atoms with van der Waals surface area (Å²) in [4.78, 5) is 38.6. The van der Waals surface area contributed by atoms with Crippen LogP contribution in [0.4, 0.5) is 0 Å². The number of benzene rings is 1. The number of hydrogen-bond donors (Lipinski definition) is 0. The van der Waals surface area contributed by atoms with Gasteiger partial charge >= 0.3 is 5.97 Å². The zero-order chi connectivity index (χ0) is 21.0. The minimum atomic E-state index is -0.579. The van der Waals surface area contributed by atoms with Gasteiger partial charge in [-0.1, -0.05) is 11.6 Å². The standard InChI is InChI=1S/C18H19ClN2O6S/c1-5-26-13-8-10(7-12(19)15(13)27-9-14(22)25-4)6-11-16(23)20(2)18(28)21(3)17(11)24/h6-8H,5,9H2,1-4H3. The summed E-state index contributed by atoms with van der Waals surface area (Å²) in [6.07, 6.45) is 1.40. The van der Waals surface area contributed by atoms with Gasteiger partial charge in [0, 0.05) is 14.1 Å². The maximum absolute atomic E-state index is 12.5. The summed E-state index contributed by atoms with van der Waals surface area (Å²) in [5.41, 5.74) is 0.380. The number of methoxy groups -OCH3 is 1. The normalized spacial score (nSPS) is 14.3. The molecule has 1 aliphatic rings. The van der Waals surface area contributed by atoms with E-state index in [0.29, 0.717) is 12.2 Å². The average Bonchev–Trinajstić information content (AvgIpc) is 2.67. The van der Waals surface area contributed by atoms with Crippen LogP contribution >= 0.6 is 23.8 Å². The van der Waals surface area contributed by atoms with E-state index in [4.69, 9.17) is 33.3 Å². The molecule has 150 valence electrons. The Kier molecular flexibility index (Phi) is 6.98. The molecule has 0 aliphatic carbocycles. The number of ether oxygens (including phenoxy) is 3. The van der Waals surface area contributed by atoms with Crippen molar-refractivity contribution in [2.45, 2.75) is 6.92 Å². The van der Waals surface area contributed by atoms with Gasteiger partial charge in [-0.2, -0.15) is 0 Å². The second kappa shape index (κ2) is 9.03. The molecule has 0 atom stereocenters. The Morgan fingerprint density at radius 1 is 1.18 bits per heavy atom. The molecule has 0 bridgehead atoms. The molecule has 1 aromatic rings. The van der Waals surface area contributed by atoms with Crippen molar-refractivity contribution < 1.29 is 28.6 Å². The number of halogens is 1. The lowest BCUT2D eigenvalue weighted by Gasteiger charge is -2.31. The van der Waals surface area contributed by atoms with Crippen molar-refractivity contribution >= 4 is 52.8 Å². The van der Waals surface area contributed by atoms with E-state index in [1.165, 1.54) is 43.1 Å². The van der Waals surface area contributed by atoms with Gasteiger partial charge in [0.05, 0.1) is 18.7 Å². The Bertz CT molecular complexity index is 844. The van der Waals surface area contributed by atoms with E-state index in [1.54, 1.807) is 13.0 Å². The molecule has 1 saturated heterocycles. The summed E-state index contributed by atoms with van der Waals surface area (Å²) < 4.78 is 15.4. The highest BCUT2D eigenvalue weighted by Gasteiger charge is 2.35. The molecule has 0 saturated carbocycles. The summed E-state index contributed by atoms with van der Waals surface area (Å²) >= 11 is 11.3.